The average Bonchev–Trinajstić information content (AvgIpc) is 2.92. The Morgan fingerprint density at radius 2 is 2.33 bits per heavy atom. The molecule has 0 spiro atoms. The summed E-state index contributed by atoms with van der Waals surface area (Å²) in [5, 5.41) is 3.41. The zero-order chi connectivity index (χ0) is 14.7. The van der Waals surface area contributed by atoms with Crippen LogP contribution >= 0.6 is 0 Å². The van der Waals surface area contributed by atoms with Crippen LogP contribution in [0.25, 0.3) is 0 Å². The minimum absolute atomic E-state index is 0.466. The Kier molecular flexibility index (Phi) is 4.25. The number of nitrogens with zero attached hydrogens (tertiary/aromatic N) is 2. The third-order valence-corrected chi connectivity index (χ3v) is 4.30. The monoisotopic (exact) mass is 285 g/mol. The third kappa shape index (κ3) is 3.10. The topological polar surface area (TPSA) is 39.1 Å². The lowest BCUT2D eigenvalue weighted by Gasteiger charge is -2.25. The van der Waals surface area contributed by atoms with E-state index in [2.05, 4.69) is 33.1 Å². The lowest BCUT2D eigenvalue weighted by Crippen LogP contribution is -2.21. The molecule has 0 saturated heterocycles. The van der Waals surface area contributed by atoms with Gasteiger partial charge in [-0.15, -0.1) is 0 Å². The number of imidazole rings is 1. The second kappa shape index (κ2) is 6.31. The van der Waals surface area contributed by atoms with E-state index in [1.165, 1.54) is 30.4 Å². The molecule has 0 aliphatic heterocycles. The van der Waals surface area contributed by atoms with Crippen molar-refractivity contribution in [3.8, 4) is 5.75 Å². The second-order valence-corrected chi connectivity index (χ2v) is 5.61. The molecule has 0 saturated carbocycles. The highest BCUT2D eigenvalue weighted by Crippen LogP contribution is 2.32. The third-order valence-electron chi connectivity index (χ3n) is 4.30. The molecule has 0 amide bonds. The summed E-state index contributed by atoms with van der Waals surface area (Å²) >= 11 is 0. The Hall–Kier alpha value is -1.81. The quantitative estimate of drug-likeness (QED) is 0.918. The van der Waals surface area contributed by atoms with Gasteiger partial charge in [0.15, 0.2) is 0 Å². The fraction of sp³-hybridized carbons (Fsp3) is 0.471. The van der Waals surface area contributed by atoms with Gasteiger partial charge in [0.2, 0.25) is 0 Å². The summed E-state index contributed by atoms with van der Waals surface area (Å²) in [6.45, 7) is 3.51. The van der Waals surface area contributed by atoms with Gasteiger partial charge in [0.1, 0.15) is 18.2 Å². The maximum atomic E-state index is 5.92. The summed E-state index contributed by atoms with van der Waals surface area (Å²) in [5.74, 6) is 1.99. The molecule has 0 radical (unpaired) electrons. The Bertz CT molecular complexity index is 606. The van der Waals surface area contributed by atoms with Crippen molar-refractivity contribution in [2.24, 2.45) is 0 Å². The molecule has 1 heterocycles. The molecule has 0 fully saturated rings. The minimum atomic E-state index is 0.466. The van der Waals surface area contributed by atoms with Crippen LogP contribution in [0.2, 0.25) is 0 Å². The first-order valence-corrected chi connectivity index (χ1v) is 7.68. The molecule has 1 aliphatic rings. The first-order valence-electron chi connectivity index (χ1n) is 7.68. The molecule has 4 nitrogen and oxygen atoms in total. The largest absolute Gasteiger partial charge is 0.492 e. The summed E-state index contributed by atoms with van der Waals surface area (Å²) in [6.07, 6.45) is 7.47. The van der Waals surface area contributed by atoms with Crippen molar-refractivity contribution in [1.82, 2.24) is 14.9 Å². The highest BCUT2D eigenvalue weighted by Gasteiger charge is 2.19. The predicted octanol–water partition coefficient (Wildman–Crippen LogP) is 2.87. The van der Waals surface area contributed by atoms with E-state index >= 15 is 0 Å². The fourth-order valence-corrected chi connectivity index (χ4v) is 3.07. The first-order chi connectivity index (χ1) is 10.3. The lowest BCUT2D eigenvalue weighted by molar-refractivity contribution is 0.296. The van der Waals surface area contributed by atoms with Crippen LogP contribution in [0.15, 0.2) is 30.6 Å². The Labute approximate surface area is 126 Å². The lowest BCUT2D eigenvalue weighted by atomic mass is 9.87. The maximum absolute atomic E-state index is 5.92. The van der Waals surface area contributed by atoms with Crippen molar-refractivity contribution in [2.75, 3.05) is 13.7 Å². The molecule has 21 heavy (non-hydrogen) atoms. The van der Waals surface area contributed by atoms with Crippen LogP contribution in [-0.2, 0) is 13.0 Å². The number of aromatic nitrogens is 2. The molecular formula is C17H23N3O. The highest BCUT2D eigenvalue weighted by atomic mass is 16.5. The van der Waals surface area contributed by atoms with E-state index in [0.717, 1.165) is 18.1 Å². The molecule has 0 bridgehead atoms. The van der Waals surface area contributed by atoms with E-state index in [-0.39, 0.29) is 0 Å². The van der Waals surface area contributed by atoms with E-state index in [4.69, 9.17) is 4.74 Å². The van der Waals surface area contributed by atoms with Gasteiger partial charge in [-0.2, -0.15) is 0 Å². The molecule has 112 valence electrons. The van der Waals surface area contributed by atoms with Crippen LogP contribution in [0.4, 0.5) is 0 Å². The van der Waals surface area contributed by atoms with Crippen molar-refractivity contribution in [3.63, 3.8) is 0 Å². The van der Waals surface area contributed by atoms with Gasteiger partial charge in [0.05, 0.1) is 6.54 Å². The van der Waals surface area contributed by atoms with Crippen LogP contribution in [-0.4, -0.2) is 23.2 Å². The Balaban J connectivity index is 1.65. The van der Waals surface area contributed by atoms with Crippen molar-refractivity contribution in [2.45, 2.75) is 38.8 Å². The van der Waals surface area contributed by atoms with Gasteiger partial charge in [-0.1, -0.05) is 6.07 Å². The standard InChI is InChI=1S/C17H23N3O/c1-13-19-8-9-20(13)10-11-21-15-7-6-14-4-3-5-17(18-2)16(14)12-15/h6-9,12,17-18H,3-5,10-11H2,1-2H3. The average molecular weight is 285 g/mol. The highest BCUT2D eigenvalue weighted by molar-refractivity contribution is 5.39. The van der Waals surface area contributed by atoms with Gasteiger partial charge in [0.25, 0.3) is 0 Å². The van der Waals surface area contributed by atoms with E-state index in [9.17, 15) is 0 Å². The van der Waals surface area contributed by atoms with Crippen LogP contribution in [0.1, 0.15) is 35.8 Å². The molecule has 1 unspecified atom stereocenters. The molecule has 1 N–H and O–H groups in total. The number of aryl methyl sites for hydroxylation is 2. The molecule has 1 aromatic heterocycles. The van der Waals surface area contributed by atoms with Gasteiger partial charge >= 0.3 is 0 Å². The molecule has 1 atom stereocenters. The molecule has 3 rings (SSSR count). The summed E-state index contributed by atoms with van der Waals surface area (Å²) < 4.78 is 8.02. The fourth-order valence-electron chi connectivity index (χ4n) is 3.07. The summed E-state index contributed by atoms with van der Waals surface area (Å²) in [4.78, 5) is 4.22. The number of fused-ring (bicyclic) bond motifs is 1. The van der Waals surface area contributed by atoms with Crippen molar-refractivity contribution >= 4 is 0 Å². The van der Waals surface area contributed by atoms with Gasteiger partial charge in [-0.05, 0) is 56.5 Å². The van der Waals surface area contributed by atoms with Crippen molar-refractivity contribution < 1.29 is 4.74 Å². The van der Waals surface area contributed by atoms with Crippen molar-refractivity contribution in [3.05, 3.63) is 47.5 Å². The normalized spacial score (nSPS) is 17.5. The predicted molar refractivity (Wildman–Crippen MR) is 83.6 cm³/mol. The van der Waals surface area contributed by atoms with Crippen LogP contribution < -0.4 is 10.1 Å². The summed E-state index contributed by atoms with van der Waals surface area (Å²) in [5.41, 5.74) is 2.86. The minimum Gasteiger partial charge on any atom is -0.492 e. The van der Waals surface area contributed by atoms with Crippen LogP contribution in [0.5, 0.6) is 5.75 Å². The number of ether oxygens (including phenoxy) is 1. The van der Waals surface area contributed by atoms with Gasteiger partial charge < -0.3 is 14.6 Å². The SMILES string of the molecule is CNC1CCCc2ccc(OCCn3ccnc3C)cc21. The number of hydrogen-bond acceptors (Lipinski definition) is 3. The number of benzene rings is 1. The van der Waals surface area contributed by atoms with Crippen LogP contribution in [0, 0.1) is 6.92 Å². The molecule has 2 aromatic rings. The second-order valence-electron chi connectivity index (χ2n) is 5.61. The van der Waals surface area contributed by atoms with Gasteiger partial charge in [-0.3, -0.25) is 0 Å². The molecule has 4 heteroatoms. The molecular weight excluding hydrogens is 262 g/mol. The number of rotatable bonds is 5. The van der Waals surface area contributed by atoms with Crippen molar-refractivity contribution in [1.29, 1.82) is 0 Å². The Morgan fingerprint density at radius 1 is 1.43 bits per heavy atom. The van der Waals surface area contributed by atoms with E-state index < -0.39 is 0 Å². The molecule has 1 aromatic carbocycles. The van der Waals surface area contributed by atoms with Crippen LogP contribution in [0.3, 0.4) is 0 Å². The number of hydrogen-bond donors (Lipinski definition) is 1. The summed E-state index contributed by atoms with van der Waals surface area (Å²) in [7, 11) is 2.04. The van der Waals surface area contributed by atoms with Gasteiger partial charge in [-0.25, -0.2) is 4.98 Å². The van der Waals surface area contributed by atoms with E-state index in [1.54, 1.807) is 0 Å². The summed E-state index contributed by atoms with van der Waals surface area (Å²) in [6, 6.07) is 6.98. The Morgan fingerprint density at radius 3 is 3.10 bits per heavy atom. The number of nitrogens with one attached hydrogen (secondary N) is 1. The first kappa shape index (κ1) is 14.1. The zero-order valence-corrected chi connectivity index (χ0v) is 12.8. The van der Waals surface area contributed by atoms with Gasteiger partial charge in [0, 0.05) is 18.4 Å². The zero-order valence-electron chi connectivity index (χ0n) is 12.8. The smallest absolute Gasteiger partial charge is 0.119 e. The van der Waals surface area contributed by atoms with E-state index in [1.807, 2.05) is 26.4 Å². The van der Waals surface area contributed by atoms with E-state index in [0.29, 0.717) is 12.6 Å². The maximum Gasteiger partial charge on any atom is 0.119 e. The molecule has 1 aliphatic carbocycles.